The summed E-state index contributed by atoms with van der Waals surface area (Å²) in [5.41, 5.74) is 1.81. The van der Waals surface area contributed by atoms with Crippen LogP contribution in [0.4, 0.5) is 5.69 Å². The van der Waals surface area contributed by atoms with E-state index < -0.39 is 0 Å². The predicted octanol–water partition coefficient (Wildman–Crippen LogP) is 2.79. The zero-order valence-corrected chi connectivity index (χ0v) is 14.8. The lowest BCUT2D eigenvalue weighted by Gasteiger charge is -2.47. The van der Waals surface area contributed by atoms with Crippen molar-refractivity contribution in [2.75, 3.05) is 31.1 Å². The Hall–Kier alpha value is -2.37. The van der Waals surface area contributed by atoms with Crippen molar-refractivity contribution in [3.63, 3.8) is 0 Å². The van der Waals surface area contributed by atoms with E-state index in [1.165, 1.54) is 0 Å². The van der Waals surface area contributed by atoms with Gasteiger partial charge in [-0.1, -0.05) is 30.3 Å². The Morgan fingerprint density at radius 1 is 1.04 bits per heavy atom. The summed E-state index contributed by atoms with van der Waals surface area (Å²) in [5, 5.41) is 9.63. The van der Waals surface area contributed by atoms with Crippen molar-refractivity contribution < 1.29 is 14.6 Å². The van der Waals surface area contributed by atoms with Crippen LogP contribution < -0.4 is 4.90 Å². The maximum Gasteiger partial charge on any atom is 0.253 e. The molecular weight excluding hydrogens is 328 g/mol. The highest BCUT2D eigenvalue weighted by Gasteiger charge is 2.42. The molecule has 26 heavy (non-hydrogen) atoms. The number of para-hydroxylation sites is 1. The lowest BCUT2D eigenvalue weighted by Crippen LogP contribution is -2.58. The first-order valence-electron chi connectivity index (χ1n) is 9.13. The Labute approximate surface area is 153 Å². The Morgan fingerprint density at radius 3 is 2.54 bits per heavy atom. The fourth-order valence-corrected chi connectivity index (χ4v) is 3.89. The Balaban J connectivity index is 1.40. The Bertz CT molecular complexity index is 770. The molecule has 0 bridgehead atoms. The van der Waals surface area contributed by atoms with Crippen LogP contribution in [0.5, 0.6) is 5.75 Å². The number of anilines is 1. The summed E-state index contributed by atoms with van der Waals surface area (Å²) in [6.45, 7) is 3.45. The molecule has 0 radical (unpaired) electrons. The van der Waals surface area contributed by atoms with E-state index in [1.807, 2.05) is 53.4 Å². The SMILES string of the molecule is O=C1COC2(CCN(Cc3cccc(O)c3)CC2)CN1c1ccccc1. The third-order valence-electron chi connectivity index (χ3n) is 5.40. The zero-order chi connectivity index (χ0) is 18.0. The van der Waals surface area contributed by atoms with Crippen molar-refractivity contribution in [3.8, 4) is 5.75 Å². The Morgan fingerprint density at radius 2 is 1.81 bits per heavy atom. The number of hydrogen-bond donors (Lipinski definition) is 1. The molecule has 2 heterocycles. The largest absolute Gasteiger partial charge is 0.508 e. The molecule has 0 atom stereocenters. The average molecular weight is 352 g/mol. The second kappa shape index (κ2) is 7.09. The number of benzene rings is 2. The summed E-state index contributed by atoms with van der Waals surface area (Å²) < 4.78 is 6.03. The molecule has 5 nitrogen and oxygen atoms in total. The van der Waals surface area contributed by atoms with E-state index in [0.29, 0.717) is 12.3 Å². The number of likely N-dealkylation sites (tertiary alicyclic amines) is 1. The standard InChI is InChI=1S/C21H24N2O3/c24-19-8-4-5-17(13-19)14-22-11-9-21(10-12-22)16-23(20(25)15-26-21)18-6-2-1-3-7-18/h1-8,13,24H,9-12,14-16H2. The number of aromatic hydroxyl groups is 1. The van der Waals surface area contributed by atoms with Gasteiger partial charge in [0.1, 0.15) is 12.4 Å². The summed E-state index contributed by atoms with van der Waals surface area (Å²) in [6, 6.07) is 17.3. The van der Waals surface area contributed by atoms with Crippen LogP contribution >= 0.6 is 0 Å². The fraction of sp³-hybridized carbons (Fsp3) is 0.381. The molecule has 0 unspecified atom stereocenters. The average Bonchev–Trinajstić information content (AvgIpc) is 2.67. The third kappa shape index (κ3) is 3.59. The third-order valence-corrected chi connectivity index (χ3v) is 5.40. The van der Waals surface area contributed by atoms with E-state index in [-0.39, 0.29) is 18.1 Å². The first-order chi connectivity index (χ1) is 12.6. The van der Waals surface area contributed by atoms with Gasteiger partial charge in [-0.15, -0.1) is 0 Å². The highest BCUT2D eigenvalue weighted by Crippen LogP contribution is 2.33. The van der Waals surface area contributed by atoms with Gasteiger partial charge < -0.3 is 14.7 Å². The van der Waals surface area contributed by atoms with Crippen LogP contribution in [0.25, 0.3) is 0 Å². The van der Waals surface area contributed by atoms with Gasteiger partial charge in [0.2, 0.25) is 0 Å². The van der Waals surface area contributed by atoms with Gasteiger partial charge in [0.05, 0.1) is 12.1 Å². The monoisotopic (exact) mass is 352 g/mol. The number of phenolic OH excluding ortho intramolecular Hbond substituents is 1. The molecule has 5 heteroatoms. The molecule has 0 aliphatic carbocycles. The van der Waals surface area contributed by atoms with E-state index in [0.717, 1.165) is 43.7 Å². The van der Waals surface area contributed by atoms with Crippen LogP contribution in [-0.4, -0.2) is 47.8 Å². The molecule has 136 valence electrons. The minimum Gasteiger partial charge on any atom is -0.508 e. The molecule has 1 spiro atoms. The van der Waals surface area contributed by atoms with E-state index in [2.05, 4.69) is 4.90 Å². The molecular formula is C21H24N2O3. The number of ether oxygens (including phenoxy) is 1. The van der Waals surface area contributed by atoms with Crippen molar-refractivity contribution in [2.45, 2.75) is 25.0 Å². The molecule has 2 aromatic carbocycles. The van der Waals surface area contributed by atoms with Crippen molar-refractivity contribution >= 4 is 11.6 Å². The Kier molecular flexibility index (Phi) is 4.66. The number of carbonyl (C=O) groups is 1. The minimum atomic E-state index is -0.251. The summed E-state index contributed by atoms with van der Waals surface area (Å²) in [5.74, 6) is 0.340. The molecule has 2 aliphatic heterocycles. The number of carbonyl (C=O) groups excluding carboxylic acids is 1. The molecule has 2 saturated heterocycles. The molecule has 0 saturated carbocycles. The summed E-state index contributed by atoms with van der Waals surface area (Å²) in [4.78, 5) is 16.6. The molecule has 1 N–H and O–H groups in total. The van der Waals surface area contributed by atoms with Gasteiger partial charge in [0.15, 0.2) is 0 Å². The number of nitrogens with zero attached hydrogens (tertiary/aromatic N) is 2. The van der Waals surface area contributed by atoms with Crippen LogP contribution in [0, 0.1) is 0 Å². The van der Waals surface area contributed by atoms with Gasteiger partial charge in [0, 0.05) is 25.3 Å². The molecule has 1 amide bonds. The number of morpholine rings is 1. The van der Waals surface area contributed by atoms with Gasteiger partial charge in [-0.3, -0.25) is 9.69 Å². The van der Waals surface area contributed by atoms with Gasteiger partial charge in [0.25, 0.3) is 5.91 Å². The number of amides is 1. The minimum absolute atomic E-state index is 0.0315. The normalized spacial score (nSPS) is 20.5. The maximum absolute atomic E-state index is 12.3. The molecule has 4 rings (SSSR count). The highest BCUT2D eigenvalue weighted by molar-refractivity contribution is 5.95. The number of phenols is 1. The van der Waals surface area contributed by atoms with Crippen molar-refractivity contribution in [3.05, 3.63) is 60.2 Å². The van der Waals surface area contributed by atoms with E-state index in [9.17, 15) is 9.90 Å². The second-order valence-corrected chi connectivity index (χ2v) is 7.23. The van der Waals surface area contributed by atoms with Gasteiger partial charge in [-0.05, 0) is 42.7 Å². The lowest BCUT2D eigenvalue weighted by atomic mass is 9.88. The predicted molar refractivity (Wildman–Crippen MR) is 100 cm³/mol. The van der Waals surface area contributed by atoms with E-state index in [4.69, 9.17) is 4.74 Å². The zero-order valence-electron chi connectivity index (χ0n) is 14.8. The molecule has 0 aromatic heterocycles. The van der Waals surface area contributed by atoms with Crippen molar-refractivity contribution in [1.29, 1.82) is 0 Å². The number of rotatable bonds is 3. The van der Waals surface area contributed by atoms with E-state index >= 15 is 0 Å². The topological polar surface area (TPSA) is 53.0 Å². The van der Waals surface area contributed by atoms with E-state index in [1.54, 1.807) is 6.07 Å². The highest BCUT2D eigenvalue weighted by atomic mass is 16.5. The van der Waals surface area contributed by atoms with Gasteiger partial charge in [-0.2, -0.15) is 0 Å². The lowest BCUT2D eigenvalue weighted by molar-refractivity contribution is -0.144. The quantitative estimate of drug-likeness (QED) is 0.923. The first kappa shape index (κ1) is 17.1. The number of hydrogen-bond acceptors (Lipinski definition) is 4. The number of piperidine rings is 1. The maximum atomic E-state index is 12.3. The smallest absolute Gasteiger partial charge is 0.253 e. The summed E-state index contributed by atoms with van der Waals surface area (Å²) in [6.07, 6.45) is 1.81. The molecule has 2 aliphatic rings. The van der Waals surface area contributed by atoms with Crippen molar-refractivity contribution in [1.82, 2.24) is 4.90 Å². The van der Waals surface area contributed by atoms with Crippen LogP contribution in [0.2, 0.25) is 0 Å². The fourth-order valence-electron chi connectivity index (χ4n) is 3.89. The van der Waals surface area contributed by atoms with Crippen LogP contribution in [0.3, 0.4) is 0 Å². The molecule has 2 fully saturated rings. The van der Waals surface area contributed by atoms with Crippen LogP contribution in [0.15, 0.2) is 54.6 Å². The van der Waals surface area contributed by atoms with Crippen LogP contribution in [0.1, 0.15) is 18.4 Å². The van der Waals surface area contributed by atoms with Gasteiger partial charge >= 0.3 is 0 Å². The second-order valence-electron chi connectivity index (χ2n) is 7.23. The first-order valence-corrected chi connectivity index (χ1v) is 9.13. The van der Waals surface area contributed by atoms with Gasteiger partial charge in [-0.25, -0.2) is 0 Å². The van der Waals surface area contributed by atoms with Crippen LogP contribution in [-0.2, 0) is 16.1 Å². The summed E-state index contributed by atoms with van der Waals surface area (Å²) >= 11 is 0. The molecule has 2 aromatic rings. The summed E-state index contributed by atoms with van der Waals surface area (Å²) in [7, 11) is 0. The van der Waals surface area contributed by atoms with Crippen molar-refractivity contribution in [2.24, 2.45) is 0 Å².